The lowest BCUT2D eigenvalue weighted by atomic mass is 9.97. The van der Waals surface area contributed by atoms with Crippen LogP contribution in [0.25, 0.3) is 21.3 Å². The van der Waals surface area contributed by atoms with E-state index in [0.717, 1.165) is 33.5 Å². The molecule has 0 spiro atoms. The minimum absolute atomic E-state index is 0.318. The Balaban J connectivity index is 2.32. The van der Waals surface area contributed by atoms with E-state index in [1.54, 1.807) is 12.5 Å². The largest absolute Gasteiger partial charge is 0.472 e. The number of esters is 1. The van der Waals surface area contributed by atoms with Gasteiger partial charge >= 0.3 is 5.97 Å². The number of rotatable bonds is 3. The Bertz CT molecular complexity index is 930. The molecule has 0 bridgehead atoms. The number of fused-ring (bicyclic) bond motifs is 1. The zero-order chi connectivity index (χ0) is 18.4. The molecule has 3 heterocycles. The predicted octanol–water partition coefficient (Wildman–Crippen LogP) is 5.69. The molecule has 0 aliphatic heterocycles. The molecule has 3 rings (SSSR count). The van der Waals surface area contributed by atoms with Crippen LogP contribution < -0.4 is 0 Å². The van der Waals surface area contributed by atoms with Gasteiger partial charge in [-0.2, -0.15) is 0 Å². The first-order valence-corrected chi connectivity index (χ1v) is 9.23. The number of hydrogen-bond acceptors (Lipinski definition) is 5. The van der Waals surface area contributed by atoms with Crippen molar-refractivity contribution in [3.63, 3.8) is 0 Å². The smallest absolute Gasteiger partial charge is 0.349 e. The van der Waals surface area contributed by atoms with E-state index in [2.05, 4.69) is 13.8 Å². The number of carbonyl (C=O) groups is 1. The predicted molar refractivity (Wildman–Crippen MR) is 101 cm³/mol. The second kappa shape index (κ2) is 6.30. The molecule has 25 heavy (non-hydrogen) atoms. The van der Waals surface area contributed by atoms with Crippen LogP contribution in [0.3, 0.4) is 0 Å². The van der Waals surface area contributed by atoms with Gasteiger partial charge in [0.15, 0.2) is 0 Å². The Morgan fingerprint density at radius 1 is 1.32 bits per heavy atom. The lowest BCUT2D eigenvalue weighted by Gasteiger charge is -2.19. The molecule has 3 aromatic rings. The highest BCUT2D eigenvalue weighted by molar-refractivity contribution is 7.21. The fourth-order valence-corrected chi connectivity index (χ4v) is 4.34. The van der Waals surface area contributed by atoms with Gasteiger partial charge in [0.25, 0.3) is 0 Å². The van der Waals surface area contributed by atoms with Crippen LogP contribution in [0.1, 0.15) is 54.2 Å². The van der Waals surface area contributed by atoms with Crippen molar-refractivity contribution in [2.24, 2.45) is 0 Å². The molecule has 0 saturated carbocycles. The summed E-state index contributed by atoms with van der Waals surface area (Å²) in [5, 5.41) is 1.02. The van der Waals surface area contributed by atoms with Crippen LogP contribution in [0.4, 0.5) is 0 Å². The highest BCUT2D eigenvalue weighted by atomic mass is 32.1. The van der Waals surface area contributed by atoms with Gasteiger partial charge in [-0.3, -0.25) is 0 Å². The van der Waals surface area contributed by atoms with E-state index >= 15 is 0 Å². The van der Waals surface area contributed by atoms with Crippen LogP contribution >= 0.6 is 11.3 Å². The van der Waals surface area contributed by atoms with Gasteiger partial charge in [0.1, 0.15) is 15.3 Å². The van der Waals surface area contributed by atoms with Crippen molar-refractivity contribution in [2.75, 3.05) is 0 Å². The second-order valence-corrected chi connectivity index (χ2v) is 8.15. The molecule has 132 valence electrons. The number of carbonyl (C=O) groups excluding carboxylic acids is 1. The molecule has 4 nitrogen and oxygen atoms in total. The molecule has 3 aromatic heterocycles. The van der Waals surface area contributed by atoms with E-state index < -0.39 is 5.60 Å². The molecule has 0 radical (unpaired) electrons. The number of aryl methyl sites for hydroxylation is 2. The Hall–Kier alpha value is -2.14. The van der Waals surface area contributed by atoms with E-state index in [0.29, 0.717) is 4.88 Å². The molecule has 0 aliphatic rings. The molecule has 0 unspecified atom stereocenters. The Labute approximate surface area is 151 Å². The van der Waals surface area contributed by atoms with Crippen molar-refractivity contribution in [1.82, 2.24) is 4.98 Å². The van der Waals surface area contributed by atoms with Gasteiger partial charge in [-0.1, -0.05) is 6.92 Å². The van der Waals surface area contributed by atoms with Gasteiger partial charge in [-0.15, -0.1) is 11.3 Å². The zero-order valence-corrected chi connectivity index (χ0v) is 16.3. The fraction of sp³-hybridized carbons (Fsp3) is 0.400. The molecule has 0 N–H and O–H groups in total. The van der Waals surface area contributed by atoms with Crippen LogP contribution in [0, 0.1) is 13.8 Å². The summed E-state index contributed by atoms with van der Waals surface area (Å²) in [6, 6.07) is 1.88. The maximum Gasteiger partial charge on any atom is 0.349 e. The summed E-state index contributed by atoms with van der Waals surface area (Å²) in [7, 11) is 0. The number of nitrogens with zero attached hydrogens (tertiary/aromatic N) is 1. The third-order valence-corrected chi connectivity index (χ3v) is 5.23. The van der Waals surface area contributed by atoms with Crippen molar-refractivity contribution in [2.45, 2.75) is 53.6 Å². The average Bonchev–Trinajstić information content (AvgIpc) is 3.12. The summed E-state index contributed by atoms with van der Waals surface area (Å²) in [6.07, 6.45) is 4.19. The Kier molecular flexibility index (Phi) is 4.45. The summed E-state index contributed by atoms with van der Waals surface area (Å²) in [5.74, 6) is -0.318. The zero-order valence-electron chi connectivity index (χ0n) is 15.5. The first kappa shape index (κ1) is 17.7. The third-order valence-electron chi connectivity index (χ3n) is 4.17. The summed E-state index contributed by atoms with van der Waals surface area (Å²) < 4.78 is 10.9. The first-order valence-electron chi connectivity index (χ1n) is 8.41. The van der Waals surface area contributed by atoms with Crippen molar-refractivity contribution in [3.05, 3.63) is 40.3 Å². The number of thiophene rings is 1. The number of aromatic nitrogens is 1. The fourth-order valence-electron chi connectivity index (χ4n) is 3.16. The second-order valence-electron chi connectivity index (χ2n) is 7.15. The van der Waals surface area contributed by atoms with Gasteiger partial charge in [-0.25, -0.2) is 9.78 Å². The quantitative estimate of drug-likeness (QED) is 0.565. The SMILES string of the molecule is CCc1c(C)nc2sc(C(=O)OC(C)(C)C)c(-c3ccoc3)c2c1C. The van der Waals surface area contributed by atoms with Crippen molar-refractivity contribution >= 4 is 27.5 Å². The lowest BCUT2D eigenvalue weighted by molar-refractivity contribution is 0.00761. The van der Waals surface area contributed by atoms with Crippen LogP contribution in [-0.2, 0) is 11.2 Å². The van der Waals surface area contributed by atoms with Crippen LogP contribution in [0.15, 0.2) is 23.0 Å². The molecule has 0 saturated heterocycles. The van der Waals surface area contributed by atoms with E-state index in [1.807, 2.05) is 33.8 Å². The van der Waals surface area contributed by atoms with E-state index in [4.69, 9.17) is 14.1 Å². The topological polar surface area (TPSA) is 52.3 Å². The van der Waals surface area contributed by atoms with Gasteiger partial charge in [0.2, 0.25) is 0 Å². The average molecular weight is 357 g/mol. The van der Waals surface area contributed by atoms with Gasteiger partial charge in [0.05, 0.1) is 12.5 Å². The molecule has 0 aliphatic carbocycles. The molecule has 0 atom stereocenters. The van der Waals surface area contributed by atoms with Gasteiger partial charge < -0.3 is 9.15 Å². The van der Waals surface area contributed by atoms with E-state index in [1.165, 1.54) is 22.5 Å². The summed E-state index contributed by atoms with van der Waals surface area (Å²) in [6.45, 7) is 11.9. The molecule has 5 heteroatoms. The number of ether oxygens (including phenoxy) is 1. The standard InChI is InChI=1S/C20H23NO3S/c1-7-14-11(2)15-16(13-8-9-23-10-13)17(19(22)24-20(4,5)6)25-18(15)21-12(14)3/h8-10H,7H2,1-6H3. The summed E-state index contributed by atoms with van der Waals surface area (Å²) >= 11 is 1.39. The minimum Gasteiger partial charge on any atom is -0.472 e. The molecule has 0 amide bonds. The van der Waals surface area contributed by atoms with Crippen molar-refractivity contribution < 1.29 is 13.9 Å². The van der Waals surface area contributed by atoms with Gasteiger partial charge in [0, 0.05) is 22.2 Å². The van der Waals surface area contributed by atoms with Crippen LogP contribution in [0.2, 0.25) is 0 Å². The number of hydrogen-bond donors (Lipinski definition) is 0. The van der Waals surface area contributed by atoms with Crippen LogP contribution in [0.5, 0.6) is 0 Å². The third kappa shape index (κ3) is 3.21. The molecular formula is C20H23NO3S. The van der Waals surface area contributed by atoms with Crippen molar-refractivity contribution in [1.29, 1.82) is 0 Å². The summed E-state index contributed by atoms with van der Waals surface area (Å²) in [5.41, 5.74) is 4.61. The highest BCUT2D eigenvalue weighted by Crippen LogP contribution is 2.42. The Morgan fingerprint density at radius 3 is 2.60 bits per heavy atom. The molecular weight excluding hydrogens is 334 g/mol. The summed E-state index contributed by atoms with van der Waals surface area (Å²) in [4.78, 5) is 19.0. The Morgan fingerprint density at radius 2 is 2.04 bits per heavy atom. The minimum atomic E-state index is -0.548. The maximum absolute atomic E-state index is 12.8. The molecule has 0 aromatic carbocycles. The van der Waals surface area contributed by atoms with E-state index in [-0.39, 0.29) is 5.97 Å². The van der Waals surface area contributed by atoms with Crippen LogP contribution in [-0.4, -0.2) is 16.6 Å². The number of furan rings is 1. The normalized spacial score (nSPS) is 11.9. The lowest BCUT2D eigenvalue weighted by Crippen LogP contribution is -2.23. The first-order chi connectivity index (χ1) is 11.7. The molecule has 0 fully saturated rings. The maximum atomic E-state index is 12.8. The highest BCUT2D eigenvalue weighted by Gasteiger charge is 2.27. The van der Waals surface area contributed by atoms with Crippen molar-refractivity contribution in [3.8, 4) is 11.1 Å². The monoisotopic (exact) mass is 357 g/mol. The van der Waals surface area contributed by atoms with E-state index in [9.17, 15) is 4.79 Å². The van der Waals surface area contributed by atoms with Gasteiger partial charge in [-0.05, 0) is 58.2 Å². The number of pyridine rings is 1.